The highest BCUT2D eigenvalue weighted by Crippen LogP contribution is 2.07. The second-order valence-corrected chi connectivity index (χ2v) is 2.52. The lowest BCUT2D eigenvalue weighted by molar-refractivity contribution is -0.119. The number of primary amides is 1. The Kier molecular flexibility index (Phi) is 4.54. The lowest BCUT2D eigenvalue weighted by Gasteiger charge is -2.04. The molecule has 0 spiro atoms. The summed E-state index contributed by atoms with van der Waals surface area (Å²) in [5.41, 5.74) is 4.94. The van der Waals surface area contributed by atoms with Gasteiger partial charge in [-0.25, -0.2) is 0 Å². The predicted octanol–water partition coefficient (Wildman–Crippen LogP) is 0.477. The first-order chi connectivity index (χ1) is 4.66. The Labute approximate surface area is 60.6 Å². The molecule has 0 aromatic carbocycles. The third kappa shape index (κ3) is 5.28. The molecule has 0 aliphatic heterocycles. The van der Waals surface area contributed by atoms with Crippen LogP contribution in [0.3, 0.4) is 0 Å². The summed E-state index contributed by atoms with van der Waals surface area (Å²) >= 11 is 0. The summed E-state index contributed by atoms with van der Waals surface area (Å²) < 4.78 is 0. The van der Waals surface area contributed by atoms with Crippen LogP contribution in [-0.2, 0) is 9.59 Å². The molecule has 0 aromatic rings. The molecular formula is C7H13NO2. The molecule has 0 bridgehead atoms. The number of hydrogen-bond donors (Lipinski definition) is 1. The van der Waals surface area contributed by atoms with Gasteiger partial charge in [0.1, 0.15) is 6.29 Å². The van der Waals surface area contributed by atoms with Gasteiger partial charge < -0.3 is 10.5 Å². The van der Waals surface area contributed by atoms with E-state index in [-0.39, 0.29) is 11.8 Å². The van der Waals surface area contributed by atoms with Gasteiger partial charge in [-0.05, 0) is 12.3 Å². The number of rotatable bonds is 5. The van der Waals surface area contributed by atoms with Gasteiger partial charge in [-0.15, -0.1) is 0 Å². The highest BCUT2D eigenvalue weighted by Gasteiger charge is 2.04. The Morgan fingerprint density at radius 3 is 2.70 bits per heavy atom. The normalized spacial score (nSPS) is 12.5. The quantitative estimate of drug-likeness (QED) is 0.569. The molecule has 3 nitrogen and oxygen atoms in total. The molecule has 0 radical (unpaired) electrons. The van der Waals surface area contributed by atoms with Gasteiger partial charge in [0.2, 0.25) is 5.91 Å². The second-order valence-electron chi connectivity index (χ2n) is 2.52. The minimum atomic E-state index is -0.293. The van der Waals surface area contributed by atoms with E-state index in [1.165, 1.54) is 0 Å². The summed E-state index contributed by atoms with van der Waals surface area (Å²) in [7, 11) is 0. The van der Waals surface area contributed by atoms with Crippen molar-refractivity contribution in [3.63, 3.8) is 0 Å². The molecule has 0 aliphatic carbocycles. The molecule has 0 aromatic heterocycles. The molecule has 1 unspecified atom stereocenters. The Balaban J connectivity index is 3.33. The topological polar surface area (TPSA) is 60.2 Å². The summed E-state index contributed by atoms with van der Waals surface area (Å²) in [6.45, 7) is 1.91. The van der Waals surface area contributed by atoms with Crippen LogP contribution < -0.4 is 5.73 Å². The molecule has 58 valence electrons. The average molecular weight is 143 g/mol. The predicted molar refractivity (Wildman–Crippen MR) is 38.3 cm³/mol. The Hall–Kier alpha value is -0.860. The molecule has 3 heteroatoms. The third-order valence-corrected chi connectivity index (χ3v) is 1.33. The van der Waals surface area contributed by atoms with Gasteiger partial charge in [0.15, 0.2) is 0 Å². The van der Waals surface area contributed by atoms with E-state index < -0.39 is 0 Å². The first kappa shape index (κ1) is 9.14. The molecule has 0 aliphatic rings. The minimum absolute atomic E-state index is 0.239. The van der Waals surface area contributed by atoms with Gasteiger partial charge in [0, 0.05) is 12.8 Å². The largest absolute Gasteiger partial charge is 0.370 e. The van der Waals surface area contributed by atoms with E-state index >= 15 is 0 Å². The highest BCUT2D eigenvalue weighted by atomic mass is 16.1. The molecule has 0 rings (SSSR count). The van der Waals surface area contributed by atoms with Crippen molar-refractivity contribution in [3.05, 3.63) is 0 Å². The molecule has 1 amide bonds. The number of carbonyl (C=O) groups excluding carboxylic acids is 2. The van der Waals surface area contributed by atoms with E-state index in [0.29, 0.717) is 12.8 Å². The van der Waals surface area contributed by atoms with Crippen LogP contribution in [0.25, 0.3) is 0 Å². The maximum atomic E-state index is 10.3. The number of hydrogen-bond acceptors (Lipinski definition) is 2. The van der Waals surface area contributed by atoms with Crippen molar-refractivity contribution in [2.45, 2.75) is 26.2 Å². The average Bonchev–Trinajstić information content (AvgIpc) is 1.82. The van der Waals surface area contributed by atoms with Crippen LogP contribution in [0.5, 0.6) is 0 Å². The first-order valence-electron chi connectivity index (χ1n) is 3.38. The fourth-order valence-electron chi connectivity index (χ4n) is 0.798. The van der Waals surface area contributed by atoms with Crippen molar-refractivity contribution in [2.75, 3.05) is 0 Å². The standard InChI is InChI=1S/C7H13NO2/c1-6(3-2-4-9)5-7(8)10/h4,6H,2-3,5H2,1H3,(H2,8,10). The number of aldehydes is 1. The van der Waals surface area contributed by atoms with Crippen molar-refractivity contribution in [1.29, 1.82) is 0 Å². The minimum Gasteiger partial charge on any atom is -0.370 e. The fraction of sp³-hybridized carbons (Fsp3) is 0.714. The summed E-state index contributed by atoms with van der Waals surface area (Å²) in [5, 5.41) is 0. The Morgan fingerprint density at radius 2 is 2.30 bits per heavy atom. The van der Waals surface area contributed by atoms with E-state index in [2.05, 4.69) is 0 Å². The molecule has 10 heavy (non-hydrogen) atoms. The van der Waals surface area contributed by atoms with E-state index in [9.17, 15) is 9.59 Å². The van der Waals surface area contributed by atoms with E-state index in [4.69, 9.17) is 5.73 Å². The highest BCUT2D eigenvalue weighted by molar-refractivity contribution is 5.73. The number of nitrogens with two attached hydrogens (primary N) is 1. The molecule has 0 heterocycles. The lowest BCUT2D eigenvalue weighted by atomic mass is 10.0. The van der Waals surface area contributed by atoms with E-state index in [1.807, 2.05) is 6.92 Å². The number of amides is 1. The van der Waals surface area contributed by atoms with Crippen LogP contribution in [0.15, 0.2) is 0 Å². The van der Waals surface area contributed by atoms with Gasteiger partial charge in [0.05, 0.1) is 0 Å². The van der Waals surface area contributed by atoms with Gasteiger partial charge in [-0.3, -0.25) is 4.79 Å². The van der Waals surface area contributed by atoms with Gasteiger partial charge in [-0.1, -0.05) is 6.92 Å². The zero-order valence-corrected chi connectivity index (χ0v) is 6.17. The first-order valence-corrected chi connectivity index (χ1v) is 3.38. The van der Waals surface area contributed by atoms with Crippen molar-refractivity contribution >= 4 is 12.2 Å². The van der Waals surface area contributed by atoms with Crippen molar-refractivity contribution in [3.8, 4) is 0 Å². The fourth-order valence-corrected chi connectivity index (χ4v) is 0.798. The zero-order valence-electron chi connectivity index (χ0n) is 6.17. The summed E-state index contributed by atoms with van der Waals surface area (Å²) in [6.07, 6.45) is 2.52. The van der Waals surface area contributed by atoms with Crippen LogP contribution in [0, 0.1) is 5.92 Å². The van der Waals surface area contributed by atoms with Crippen LogP contribution >= 0.6 is 0 Å². The van der Waals surface area contributed by atoms with Crippen LogP contribution in [-0.4, -0.2) is 12.2 Å². The van der Waals surface area contributed by atoms with E-state index in [0.717, 1.165) is 12.7 Å². The van der Waals surface area contributed by atoms with Gasteiger partial charge in [-0.2, -0.15) is 0 Å². The third-order valence-electron chi connectivity index (χ3n) is 1.33. The van der Waals surface area contributed by atoms with Crippen molar-refractivity contribution < 1.29 is 9.59 Å². The molecular weight excluding hydrogens is 130 g/mol. The monoisotopic (exact) mass is 143 g/mol. The van der Waals surface area contributed by atoms with Crippen LogP contribution in [0.1, 0.15) is 26.2 Å². The van der Waals surface area contributed by atoms with Gasteiger partial charge in [0.25, 0.3) is 0 Å². The molecule has 0 fully saturated rings. The summed E-state index contributed by atoms with van der Waals surface area (Å²) in [6, 6.07) is 0. The van der Waals surface area contributed by atoms with Crippen molar-refractivity contribution in [2.24, 2.45) is 11.7 Å². The van der Waals surface area contributed by atoms with Gasteiger partial charge >= 0.3 is 0 Å². The molecule has 0 saturated carbocycles. The maximum Gasteiger partial charge on any atom is 0.217 e. The zero-order chi connectivity index (χ0) is 7.98. The molecule has 1 atom stereocenters. The summed E-state index contributed by atoms with van der Waals surface area (Å²) in [4.78, 5) is 20.2. The molecule has 2 N–H and O–H groups in total. The Bertz CT molecular complexity index is 123. The number of carbonyl (C=O) groups is 2. The maximum absolute atomic E-state index is 10.3. The second kappa shape index (κ2) is 4.97. The summed E-state index contributed by atoms with van der Waals surface area (Å²) in [5.74, 6) is -0.0545. The van der Waals surface area contributed by atoms with Crippen molar-refractivity contribution in [1.82, 2.24) is 0 Å². The van der Waals surface area contributed by atoms with E-state index in [1.54, 1.807) is 0 Å². The lowest BCUT2D eigenvalue weighted by Crippen LogP contribution is -2.14. The van der Waals surface area contributed by atoms with Crippen LogP contribution in [0.4, 0.5) is 0 Å². The smallest absolute Gasteiger partial charge is 0.217 e. The SMILES string of the molecule is CC(CCC=O)CC(N)=O. The Morgan fingerprint density at radius 1 is 1.70 bits per heavy atom. The van der Waals surface area contributed by atoms with Crippen LogP contribution in [0.2, 0.25) is 0 Å². The molecule has 0 saturated heterocycles.